The molecule has 0 N–H and O–H groups in total. The molecule has 18 heavy (non-hydrogen) atoms. The molecule has 0 amide bonds. The van der Waals surface area contributed by atoms with Gasteiger partial charge in [0.2, 0.25) is 0 Å². The van der Waals surface area contributed by atoms with E-state index in [0.29, 0.717) is 5.56 Å². The number of benzene rings is 2. The summed E-state index contributed by atoms with van der Waals surface area (Å²) < 4.78 is 14.2. The molecule has 2 aromatic rings. The van der Waals surface area contributed by atoms with Crippen LogP contribution in [0.1, 0.15) is 27.6 Å². The maximum absolute atomic E-state index is 13.2. The van der Waals surface area contributed by atoms with E-state index in [1.807, 2.05) is 25.1 Å². The molecule has 0 saturated heterocycles. The topological polar surface area (TPSA) is 0 Å². The quantitative estimate of drug-likeness (QED) is 0.636. The van der Waals surface area contributed by atoms with Gasteiger partial charge in [0.15, 0.2) is 0 Å². The van der Waals surface area contributed by atoms with Crippen LogP contribution < -0.4 is 0 Å². The average molecular weight is 328 g/mol. The molecule has 94 valence electrons. The van der Waals surface area contributed by atoms with Gasteiger partial charge in [-0.1, -0.05) is 40.2 Å². The van der Waals surface area contributed by atoms with E-state index < -0.39 is 0 Å². The average Bonchev–Trinajstić information content (AvgIpc) is 2.32. The lowest BCUT2D eigenvalue weighted by Crippen LogP contribution is -1.96. The Morgan fingerprint density at radius 3 is 2.44 bits per heavy atom. The largest absolute Gasteiger partial charge is 0.207 e. The maximum Gasteiger partial charge on any atom is 0.126 e. The van der Waals surface area contributed by atoms with Crippen LogP contribution in [-0.2, 0) is 0 Å². The Labute approximate surface area is 120 Å². The zero-order chi connectivity index (χ0) is 13.3. The van der Waals surface area contributed by atoms with E-state index in [0.717, 1.165) is 15.6 Å². The van der Waals surface area contributed by atoms with Gasteiger partial charge in [0.25, 0.3) is 0 Å². The van der Waals surface area contributed by atoms with Crippen molar-refractivity contribution in [1.82, 2.24) is 0 Å². The molecule has 0 aliphatic rings. The summed E-state index contributed by atoms with van der Waals surface area (Å²) in [6, 6.07) is 11.0. The van der Waals surface area contributed by atoms with Gasteiger partial charge < -0.3 is 0 Å². The maximum atomic E-state index is 13.2. The zero-order valence-electron chi connectivity index (χ0n) is 10.2. The molecule has 0 nitrogen and oxygen atoms in total. The molecule has 2 aromatic carbocycles. The first-order chi connectivity index (χ1) is 8.49. The van der Waals surface area contributed by atoms with E-state index in [1.165, 1.54) is 11.6 Å². The highest BCUT2D eigenvalue weighted by Gasteiger charge is 2.14. The summed E-state index contributed by atoms with van der Waals surface area (Å²) in [4.78, 5) is 0. The Morgan fingerprint density at radius 1 is 1.11 bits per heavy atom. The lowest BCUT2D eigenvalue weighted by atomic mass is 10.0. The monoisotopic (exact) mass is 326 g/mol. The van der Waals surface area contributed by atoms with Gasteiger partial charge in [-0.2, -0.15) is 0 Å². The van der Waals surface area contributed by atoms with E-state index in [-0.39, 0.29) is 11.2 Å². The molecule has 1 atom stereocenters. The summed E-state index contributed by atoms with van der Waals surface area (Å²) in [5.74, 6) is -0.203. The number of aryl methyl sites for hydroxylation is 2. The summed E-state index contributed by atoms with van der Waals surface area (Å²) in [5, 5.41) is -0.278. The van der Waals surface area contributed by atoms with E-state index in [1.54, 1.807) is 19.1 Å². The normalized spacial score (nSPS) is 12.5. The zero-order valence-corrected chi connectivity index (χ0v) is 12.5. The van der Waals surface area contributed by atoms with E-state index in [4.69, 9.17) is 11.6 Å². The molecular formula is C15H13BrClF. The molecule has 0 saturated carbocycles. The Hall–Kier alpha value is -0.860. The van der Waals surface area contributed by atoms with Gasteiger partial charge in [0.05, 0.1) is 5.38 Å². The third kappa shape index (κ3) is 2.76. The molecule has 0 aliphatic carbocycles. The summed E-state index contributed by atoms with van der Waals surface area (Å²) in [7, 11) is 0. The van der Waals surface area contributed by atoms with Crippen LogP contribution in [0.4, 0.5) is 4.39 Å². The molecule has 3 heteroatoms. The molecule has 1 unspecified atom stereocenters. The minimum atomic E-state index is -0.278. The standard InChI is InChI=1S/C15H13BrClF/c1-9-3-5-12(13(16)7-9)15(17)11-4-6-14(18)10(2)8-11/h3-8,15H,1-2H3. The molecule has 0 fully saturated rings. The number of rotatable bonds is 2. The molecule has 2 rings (SSSR count). The fraction of sp³-hybridized carbons (Fsp3) is 0.200. The van der Waals surface area contributed by atoms with E-state index in [2.05, 4.69) is 15.9 Å². The van der Waals surface area contributed by atoms with Crippen molar-refractivity contribution in [2.24, 2.45) is 0 Å². The molecule has 0 aliphatic heterocycles. The van der Waals surface area contributed by atoms with Crippen molar-refractivity contribution in [2.75, 3.05) is 0 Å². The lowest BCUT2D eigenvalue weighted by Gasteiger charge is -2.13. The molecule has 0 spiro atoms. The van der Waals surface area contributed by atoms with Crippen molar-refractivity contribution < 1.29 is 4.39 Å². The van der Waals surface area contributed by atoms with Crippen LogP contribution in [0, 0.1) is 19.7 Å². The van der Waals surface area contributed by atoms with Gasteiger partial charge in [0.1, 0.15) is 5.82 Å². The first-order valence-corrected chi connectivity index (χ1v) is 6.88. The molecule has 0 heterocycles. The second-order valence-electron chi connectivity index (χ2n) is 4.40. The van der Waals surface area contributed by atoms with Crippen LogP contribution in [-0.4, -0.2) is 0 Å². The van der Waals surface area contributed by atoms with Gasteiger partial charge in [-0.05, 0) is 48.2 Å². The Balaban J connectivity index is 2.41. The fourth-order valence-corrected chi connectivity index (χ4v) is 3.02. The number of halogens is 3. The first-order valence-electron chi connectivity index (χ1n) is 5.65. The Bertz CT molecular complexity index is 581. The second kappa shape index (κ2) is 5.41. The highest BCUT2D eigenvalue weighted by molar-refractivity contribution is 9.10. The highest BCUT2D eigenvalue weighted by Crippen LogP contribution is 2.34. The van der Waals surface area contributed by atoms with Crippen LogP contribution in [0.2, 0.25) is 0 Å². The minimum Gasteiger partial charge on any atom is -0.207 e. The lowest BCUT2D eigenvalue weighted by molar-refractivity contribution is 0.617. The summed E-state index contributed by atoms with van der Waals surface area (Å²) in [6.07, 6.45) is 0. The number of hydrogen-bond acceptors (Lipinski definition) is 0. The van der Waals surface area contributed by atoms with Crippen LogP contribution in [0.15, 0.2) is 40.9 Å². The van der Waals surface area contributed by atoms with Crippen LogP contribution in [0.5, 0.6) is 0 Å². The number of hydrogen-bond donors (Lipinski definition) is 0. The van der Waals surface area contributed by atoms with Gasteiger partial charge in [0, 0.05) is 4.47 Å². The summed E-state index contributed by atoms with van der Waals surface area (Å²) in [5.41, 5.74) is 3.68. The summed E-state index contributed by atoms with van der Waals surface area (Å²) >= 11 is 9.98. The van der Waals surface area contributed by atoms with Gasteiger partial charge in [-0.3, -0.25) is 0 Å². The second-order valence-corrected chi connectivity index (χ2v) is 5.69. The van der Waals surface area contributed by atoms with Crippen molar-refractivity contribution in [2.45, 2.75) is 19.2 Å². The third-order valence-electron chi connectivity index (χ3n) is 2.90. The van der Waals surface area contributed by atoms with Crippen LogP contribution in [0.3, 0.4) is 0 Å². The smallest absolute Gasteiger partial charge is 0.126 e. The van der Waals surface area contributed by atoms with Gasteiger partial charge in [-0.25, -0.2) is 4.39 Å². The molecule has 0 bridgehead atoms. The van der Waals surface area contributed by atoms with Gasteiger partial charge >= 0.3 is 0 Å². The van der Waals surface area contributed by atoms with Crippen molar-refractivity contribution in [3.63, 3.8) is 0 Å². The Morgan fingerprint density at radius 2 is 1.83 bits per heavy atom. The first kappa shape index (κ1) is 13.6. The fourth-order valence-electron chi connectivity index (χ4n) is 1.84. The van der Waals surface area contributed by atoms with Crippen LogP contribution >= 0.6 is 27.5 Å². The van der Waals surface area contributed by atoms with Crippen molar-refractivity contribution in [1.29, 1.82) is 0 Å². The molecule has 0 radical (unpaired) electrons. The molecular weight excluding hydrogens is 315 g/mol. The van der Waals surface area contributed by atoms with Gasteiger partial charge in [-0.15, -0.1) is 11.6 Å². The molecule has 0 aromatic heterocycles. The minimum absolute atomic E-state index is 0.203. The SMILES string of the molecule is Cc1ccc(C(Cl)c2ccc(F)c(C)c2)c(Br)c1. The van der Waals surface area contributed by atoms with Crippen molar-refractivity contribution >= 4 is 27.5 Å². The van der Waals surface area contributed by atoms with Crippen molar-refractivity contribution in [3.05, 3.63) is 68.9 Å². The predicted octanol–water partition coefficient (Wildman–Crippen LogP) is 5.53. The predicted molar refractivity (Wildman–Crippen MR) is 77.7 cm³/mol. The van der Waals surface area contributed by atoms with Crippen molar-refractivity contribution in [3.8, 4) is 0 Å². The van der Waals surface area contributed by atoms with E-state index in [9.17, 15) is 4.39 Å². The highest BCUT2D eigenvalue weighted by atomic mass is 79.9. The Kier molecular flexibility index (Phi) is 4.08. The van der Waals surface area contributed by atoms with Crippen LogP contribution in [0.25, 0.3) is 0 Å². The number of alkyl halides is 1. The van der Waals surface area contributed by atoms with E-state index >= 15 is 0 Å². The summed E-state index contributed by atoms with van der Waals surface area (Å²) in [6.45, 7) is 3.77. The third-order valence-corrected chi connectivity index (χ3v) is 4.08.